The first-order chi connectivity index (χ1) is 11.1. The van der Waals surface area contributed by atoms with Crippen LogP contribution in [0.25, 0.3) is 0 Å². The third-order valence-corrected chi connectivity index (χ3v) is 5.20. The lowest BCUT2D eigenvalue weighted by Gasteiger charge is -2.29. The fraction of sp³-hybridized carbons (Fsp3) is 0.706. The maximum atomic E-state index is 12.5. The van der Waals surface area contributed by atoms with Crippen LogP contribution in [0.15, 0.2) is 5.38 Å². The lowest BCUT2D eigenvalue weighted by atomic mass is 9.78. The summed E-state index contributed by atoms with van der Waals surface area (Å²) in [6, 6.07) is 0. The predicted octanol–water partition coefficient (Wildman–Crippen LogP) is 2.79. The van der Waals surface area contributed by atoms with Gasteiger partial charge in [0.05, 0.1) is 17.2 Å². The first kappa shape index (κ1) is 17.9. The van der Waals surface area contributed by atoms with Gasteiger partial charge in [0.25, 0.3) is 0 Å². The molecule has 1 saturated carbocycles. The molecule has 1 aromatic heterocycles. The number of carbonyl (C=O) groups is 2. The van der Waals surface area contributed by atoms with Crippen molar-refractivity contribution in [2.24, 2.45) is 11.8 Å². The van der Waals surface area contributed by atoms with E-state index >= 15 is 0 Å². The third kappa shape index (κ3) is 5.30. The second-order valence-corrected chi connectivity index (χ2v) is 7.28. The van der Waals surface area contributed by atoms with Gasteiger partial charge in [0.2, 0.25) is 11.8 Å². The lowest BCUT2D eigenvalue weighted by Crippen LogP contribution is -2.43. The van der Waals surface area contributed by atoms with E-state index in [9.17, 15) is 9.59 Å². The summed E-state index contributed by atoms with van der Waals surface area (Å²) in [5.41, 5.74) is 0.889. The summed E-state index contributed by atoms with van der Waals surface area (Å²) in [4.78, 5) is 29.2. The maximum Gasteiger partial charge on any atom is 0.224 e. The second-order valence-electron chi connectivity index (χ2n) is 6.22. The number of nitrogens with one attached hydrogen (secondary N) is 2. The predicted molar refractivity (Wildman–Crippen MR) is 92.1 cm³/mol. The molecule has 0 saturated heterocycles. The van der Waals surface area contributed by atoms with Gasteiger partial charge in [-0.25, -0.2) is 4.98 Å². The van der Waals surface area contributed by atoms with Crippen LogP contribution in [0.3, 0.4) is 0 Å². The highest BCUT2D eigenvalue weighted by atomic mass is 32.1. The largest absolute Gasteiger partial charge is 0.356 e. The van der Waals surface area contributed by atoms with Crippen LogP contribution in [0, 0.1) is 18.8 Å². The molecule has 1 aliphatic rings. The molecule has 0 aromatic carbocycles. The standard InChI is InChI=1S/C17H27N3O2S/c1-3-4-9-18-16(21)14-7-5-6-8-15(14)17(22)19-10-13-11-23-12(2)20-13/h11,14-15H,3-10H2,1-2H3,(H,18,21)(H,19,22)/t14-,15+/m0/s1. The van der Waals surface area contributed by atoms with Crippen LogP contribution < -0.4 is 10.6 Å². The van der Waals surface area contributed by atoms with Gasteiger partial charge in [0.1, 0.15) is 0 Å². The van der Waals surface area contributed by atoms with Crippen molar-refractivity contribution in [1.82, 2.24) is 15.6 Å². The van der Waals surface area contributed by atoms with Gasteiger partial charge in [-0.3, -0.25) is 9.59 Å². The van der Waals surface area contributed by atoms with E-state index in [0.717, 1.165) is 49.2 Å². The molecule has 1 heterocycles. The number of aromatic nitrogens is 1. The van der Waals surface area contributed by atoms with Crippen molar-refractivity contribution in [1.29, 1.82) is 0 Å². The highest BCUT2D eigenvalue weighted by Crippen LogP contribution is 2.30. The van der Waals surface area contributed by atoms with Crippen molar-refractivity contribution in [3.63, 3.8) is 0 Å². The number of carbonyl (C=O) groups excluding carboxylic acids is 2. The molecule has 6 heteroatoms. The van der Waals surface area contributed by atoms with Crippen molar-refractivity contribution >= 4 is 23.2 Å². The Morgan fingerprint density at radius 3 is 2.43 bits per heavy atom. The summed E-state index contributed by atoms with van der Waals surface area (Å²) in [5, 5.41) is 8.91. The fourth-order valence-corrected chi connectivity index (χ4v) is 3.69. The molecule has 0 unspecified atom stereocenters. The van der Waals surface area contributed by atoms with E-state index in [0.29, 0.717) is 13.1 Å². The molecule has 2 N–H and O–H groups in total. The molecule has 5 nitrogen and oxygen atoms in total. The van der Waals surface area contributed by atoms with Gasteiger partial charge in [-0.2, -0.15) is 0 Å². The highest BCUT2D eigenvalue weighted by Gasteiger charge is 2.35. The molecule has 0 radical (unpaired) electrons. The Bertz CT molecular complexity index is 530. The number of rotatable bonds is 7. The molecule has 0 bridgehead atoms. The van der Waals surface area contributed by atoms with Gasteiger partial charge in [0, 0.05) is 23.8 Å². The molecular formula is C17H27N3O2S. The molecule has 1 aromatic rings. The number of hydrogen-bond donors (Lipinski definition) is 2. The van der Waals surface area contributed by atoms with E-state index in [2.05, 4.69) is 22.5 Å². The lowest BCUT2D eigenvalue weighted by molar-refractivity contribution is -0.136. The molecule has 128 valence electrons. The molecular weight excluding hydrogens is 310 g/mol. The Labute approximate surface area is 142 Å². The Hall–Kier alpha value is -1.43. The number of thiazole rings is 1. The zero-order chi connectivity index (χ0) is 16.7. The molecule has 2 atom stereocenters. The van der Waals surface area contributed by atoms with Gasteiger partial charge < -0.3 is 10.6 Å². The minimum Gasteiger partial charge on any atom is -0.356 e. The first-order valence-electron chi connectivity index (χ1n) is 8.58. The number of hydrogen-bond acceptors (Lipinski definition) is 4. The average Bonchev–Trinajstić information content (AvgIpc) is 2.98. The number of nitrogens with zero attached hydrogens (tertiary/aromatic N) is 1. The minimum absolute atomic E-state index is 0.00834. The topological polar surface area (TPSA) is 71.1 Å². The quantitative estimate of drug-likeness (QED) is 0.752. The third-order valence-electron chi connectivity index (χ3n) is 4.38. The molecule has 2 rings (SSSR count). The van der Waals surface area contributed by atoms with Gasteiger partial charge in [-0.05, 0) is 26.2 Å². The maximum absolute atomic E-state index is 12.5. The van der Waals surface area contributed by atoms with Crippen LogP contribution in [0.4, 0.5) is 0 Å². The minimum atomic E-state index is -0.204. The Morgan fingerprint density at radius 1 is 1.22 bits per heavy atom. The first-order valence-corrected chi connectivity index (χ1v) is 9.46. The molecule has 0 spiro atoms. The Kier molecular flexibility index (Phi) is 7.02. The van der Waals surface area contributed by atoms with Crippen LogP contribution >= 0.6 is 11.3 Å². The fourth-order valence-electron chi connectivity index (χ4n) is 3.08. The number of aryl methyl sites for hydroxylation is 1. The zero-order valence-electron chi connectivity index (χ0n) is 14.1. The van der Waals surface area contributed by atoms with Crippen LogP contribution in [-0.4, -0.2) is 23.3 Å². The Balaban J connectivity index is 1.88. The molecule has 1 fully saturated rings. The van der Waals surface area contributed by atoms with E-state index in [1.807, 2.05) is 12.3 Å². The van der Waals surface area contributed by atoms with Gasteiger partial charge in [-0.1, -0.05) is 26.2 Å². The van der Waals surface area contributed by atoms with Crippen LogP contribution in [0.5, 0.6) is 0 Å². The molecule has 1 aliphatic carbocycles. The van der Waals surface area contributed by atoms with Gasteiger partial charge in [0.15, 0.2) is 0 Å². The van der Waals surface area contributed by atoms with Gasteiger partial charge in [-0.15, -0.1) is 11.3 Å². The van der Waals surface area contributed by atoms with Crippen LogP contribution in [0.2, 0.25) is 0 Å². The van der Waals surface area contributed by atoms with Crippen LogP contribution in [-0.2, 0) is 16.1 Å². The summed E-state index contributed by atoms with van der Waals surface area (Å²) in [6.07, 6.45) is 5.70. The van der Waals surface area contributed by atoms with Gasteiger partial charge >= 0.3 is 0 Å². The summed E-state index contributed by atoms with van der Waals surface area (Å²) in [7, 11) is 0. The van der Waals surface area contributed by atoms with E-state index in [4.69, 9.17) is 0 Å². The zero-order valence-corrected chi connectivity index (χ0v) is 14.9. The molecule has 0 aliphatic heterocycles. The van der Waals surface area contributed by atoms with Crippen molar-refractivity contribution in [3.8, 4) is 0 Å². The van der Waals surface area contributed by atoms with E-state index in [1.165, 1.54) is 0 Å². The summed E-state index contributed by atoms with van der Waals surface area (Å²) in [6.45, 7) is 5.21. The van der Waals surface area contributed by atoms with Crippen molar-refractivity contribution in [3.05, 3.63) is 16.1 Å². The van der Waals surface area contributed by atoms with E-state index in [-0.39, 0.29) is 23.7 Å². The highest BCUT2D eigenvalue weighted by molar-refractivity contribution is 7.09. The SMILES string of the molecule is CCCCNC(=O)[C@H]1CCCC[C@H]1C(=O)NCc1csc(C)n1. The van der Waals surface area contributed by atoms with Crippen molar-refractivity contribution < 1.29 is 9.59 Å². The monoisotopic (exact) mass is 337 g/mol. The Morgan fingerprint density at radius 2 is 1.87 bits per heavy atom. The normalized spacial score (nSPS) is 21.0. The van der Waals surface area contributed by atoms with Crippen molar-refractivity contribution in [2.75, 3.05) is 6.54 Å². The van der Waals surface area contributed by atoms with E-state index in [1.54, 1.807) is 11.3 Å². The second kappa shape index (κ2) is 9.01. The summed E-state index contributed by atoms with van der Waals surface area (Å²) >= 11 is 1.58. The summed E-state index contributed by atoms with van der Waals surface area (Å²) in [5.74, 6) is -0.350. The van der Waals surface area contributed by atoms with Crippen molar-refractivity contribution in [2.45, 2.75) is 58.9 Å². The number of amides is 2. The smallest absolute Gasteiger partial charge is 0.224 e. The number of unbranched alkanes of at least 4 members (excludes halogenated alkanes) is 1. The molecule has 23 heavy (non-hydrogen) atoms. The molecule has 2 amide bonds. The summed E-state index contributed by atoms with van der Waals surface area (Å²) < 4.78 is 0. The van der Waals surface area contributed by atoms with E-state index < -0.39 is 0 Å². The van der Waals surface area contributed by atoms with Crippen LogP contribution in [0.1, 0.15) is 56.2 Å². The average molecular weight is 337 g/mol.